The summed E-state index contributed by atoms with van der Waals surface area (Å²) < 4.78 is 13.5. The first-order chi connectivity index (χ1) is 7.19. The van der Waals surface area contributed by atoms with Gasteiger partial charge in [0.25, 0.3) is 0 Å². The maximum absolute atomic E-state index is 13.5. The van der Waals surface area contributed by atoms with Crippen LogP contribution in [0.4, 0.5) is 4.39 Å². The first kappa shape index (κ1) is 12.1. The quantitative estimate of drug-likeness (QED) is 0.783. The van der Waals surface area contributed by atoms with Crippen molar-refractivity contribution >= 4 is 0 Å². The Balaban J connectivity index is 2.78. The van der Waals surface area contributed by atoms with Gasteiger partial charge < -0.3 is 10.4 Å². The normalized spacial score (nSPS) is 14.9. The van der Waals surface area contributed by atoms with Crippen molar-refractivity contribution in [2.24, 2.45) is 0 Å². The van der Waals surface area contributed by atoms with E-state index in [1.807, 2.05) is 19.9 Å². The molecule has 0 radical (unpaired) electrons. The molecule has 3 heteroatoms. The zero-order valence-electron chi connectivity index (χ0n) is 9.20. The number of nitrogens with one attached hydrogen (secondary N) is 1. The van der Waals surface area contributed by atoms with E-state index in [2.05, 4.69) is 5.32 Å². The van der Waals surface area contributed by atoms with Crippen LogP contribution in [-0.2, 0) is 0 Å². The molecule has 1 rings (SSSR count). The average Bonchev–Trinajstić information content (AvgIpc) is 2.26. The summed E-state index contributed by atoms with van der Waals surface area (Å²) in [5.74, 6) is -0.193. The van der Waals surface area contributed by atoms with E-state index in [0.717, 1.165) is 6.42 Å². The summed E-state index contributed by atoms with van der Waals surface area (Å²) >= 11 is 0. The maximum atomic E-state index is 13.5. The highest BCUT2D eigenvalue weighted by molar-refractivity contribution is 5.21. The van der Waals surface area contributed by atoms with Gasteiger partial charge in [0.2, 0.25) is 0 Å². The van der Waals surface area contributed by atoms with Crippen molar-refractivity contribution in [3.63, 3.8) is 0 Å². The fraction of sp³-hybridized carbons (Fsp3) is 0.500. The Hall–Kier alpha value is -0.930. The molecule has 15 heavy (non-hydrogen) atoms. The highest BCUT2D eigenvalue weighted by Gasteiger charge is 2.14. The van der Waals surface area contributed by atoms with Crippen LogP contribution >= 0.6 is 0 Å². The molecule has 0 aliphatic heterocycles. The third-order valence-corrected chi connectivity index (χ3v) is 2.45. The minimum Gasteiger partial charge on any atom is -0.395 e. The minimum atomic E-state index is -0.193. The molecule has 1 aromatic rings. The third kappa shape index (κ3) is 3.29. The van der Waals surface area contributed by atoms with Crippen molar-refractivity contribution in [3.8, 4) is 0 Å². The first-order valence-electron chi connectivity index (χ1n) is 5.30. The first-order valence-corrected chi connectivity index (χ1v) is 5.30. The van der Waals surface area contributed by atoms with Crippen LogP contribution in [0.3, 0.4) is 0 Å². The van der Waals surface area contributed by atoms with Crippen molar-refractivity contribution in [2.45, 2.75) is 32.4 Å². The van der Waals surface area contributed by atoms with Gasteiger partial charge in [-0.25, -0.2) is 4.39 Å². The van der Waals surface area contributed by atoms with Gasteiger partial charge in [-0.15, -0.1) is 0 Å². The number of rotatable bonds is 5. The zero-order valence-corrected chi connectivity index (χ0v) is 9.20. The van der Waals surface area contributed by atoms with Crippen LogP contribution in [0.5, 0.6) is 0 Å². The Morgan fingerprint density at radius 3 is 2.60 bits per heavy atom. The smallest absolute Gasteiger partial charge is 0.127 e. The van der Waals surface area contributed by atoms with Gasteiger partial charge in [0.05, 0.1) is 6.61 Å². The Morgan fingerprint density at radius 2 is 2.07 bits per heavy atom. The average molecular weight is 211 g/mol. The highest BCUT2D eigenvalue weighted by atomic mass is 19.1. The van der Waals surface area contributed by atoms with Gasteiger partial charge in [0, 0.05) is 17.6 Å². The van der Waals surface area contributed by atoms with Crippen molar-refractivity contribution < 1.29 is 9.50 Å². The predicted molar refractivity (Wildman–Crippen MR) is 59.1 cm³/mol. The second kappa shape index (κ2) is 5.83. The molecule has 0 saturated heterocycles. The molecule has 2 nitrogen and oxygen atoms in total. The Bertz CT molecular complexity index is 303. The number of aliphatic hydroxyl groups is 1. The lowest BCUT2D eigenvalue weighted by Gasteiger charge is -2.21. The van der Waals surface area contributed by atoms with E-state index in [4.69, 9.17) is 5.11 Å². The van der Waals surface area contributed by atoms with E-state index in [0.29, 0.717) is 5.56 Å². The molecule has 0 aromatic heterocycles. The van der Waals surface area contributed by atoms with Gasteiger partial charge >= 0.3 is 0 Å². The van der Waals surface area contributed by atoms with Crippen LogP contribution in [-0.4, -0.2) is 17.8 Å². The maximum Gasteiger partial charge on any atom is 0.127 e. The highest BCUT2D eigenvalue weighted by Crippen LogP contribution is 2.20. The van der Waals surface area contributed by atoms with E-state index >= 15 is 0 Å². The summed E-state index contributed by atoms with van der Waals surface area (Å²) in [6.45, 7) is 3.93. The molecule has 0 bridgehead atoms. The predicted octanol–water partition coefficient (Wildman–Crippen LogP) is 2.25. The fourth-order valence-electron chi connectivity index (χ4n) is 1.58. The molecule has 0 spiro atoms. The van der Waals surface area contributed by atoms with E-state index in [1.165, 1.54) is 6.07 Å². The number of hydrogen-bond acceptors (Lipinski definition) is 2. The van der Waals surface area contributed by atoms with E-state index in [1.54, 1.807) is 12.1 Å². The summed E-state index contributed by atoms with van der Waals surface area (Å²) in [5, 5.41) is 12.1. The summed E-state index contributed by atoms with van der Waals surface area (Å²) in [4.78, 5) is 0. The molecular weight excluding hydrogens is 193 g/mol. The van der Waals surface area contributed by atoms with Crippen molar-refractivity contribution in [3.05, 3.63) is 35.6 Å². The molecule has 0 amide bonds. The monoisotopic (exact) mass is 211 g/mol. The number of halogens is 1. The second-order valence-electron chi connectivity index (χ2n) is 3.73. The molecule has 1 aromatic carbocycles. The lowest BCUT2D eigenvalue weighted by Crippen LogP contribution is -2.33. The molecule has 0 fully saturated rings. The fourth-order valence-corrected chi connectivity index (χ4v) is 1.58. The van der Waals surface area contributed by atoms with Gasteiger partial charge in [-0.3, -0.25) is 0 Å². The Kier molecular flexibility index (Phi) is 4.72. The SMILES string of the molecule is CCC(N[C@H](C)CO)c1ccccc1F. The second-order valence-corrected chi connectivity index (χ2v) is 3.73. The zero-order chi connectivity index (χ0) is 11.3. The molecule has 0 aliphatic carbocycles. The van der Waals surface area contributed by atoms with Crippen molar-refractivity contribution in [1.82, 2.24) is 5.32 Å². The minimum absolute atomic E-state index is 0.0189. The number of hydrogen-bond donors (Lipinski definition) is 2. The van der Waals surface area contributed by atoms with Gasteiger partial charge in [-0.1, -0.05) is 25.1 Å². The standard InChI is InChI=1S/C12H18FNO/c1-3-12(14-9(2)8-15)10-6-4-5-7-11(10)13/h4-7,9,12,14-15H,3,8H2,1-2H3/t9-,12?/m1/s1. The van der Waals surface area contributed by atoms with Crippen molar-refractivity contribution in [2.75, 3.05) is 6.61 Å². The summed E-state index contributed by atoms with van der Waals surface area (Å²) in [7, 11) is 0. The summed E-state index contributed by atoms with van der Waals surface area (Å²) in [5.41, 5.74) is 0.667. The lowest BCUT2D eigenvalue weighted by molar-refractivity contribution is 0.238. The summed E-state index contributed by atoms with van der Waals surface area (Å²) in [6, 6.07) is 6.69. The molecule has 1 unspecified atom stereocenters. The molecule has 0 aliphatic rings. The molecule has 84 valence electrons. The van der Waals surface area contributed by atoms with Crippen LogP contribution in [0, 0.1) is 5.82 Å². The lowest BCUT2D eigenvalue weighted by atomic mass is 10.0. The van der Waals surface area contributed by atoms with E-state index < -0.39 is 0 Å². The Morgan fingerprint density at radius 1 is 1.40 bits per heavy atom. The van der Waals surface area contributed by atoms with Crippen LogP contribution in [0.2, 0.25) is 0 Å². The third-order valence-electron chi connectivity index (χ3n) is 2.45. The van der Waals surface area contributed by atoms with Gasteiger partial charge in [0.1, 0.15) is 5.82 Å². The van der Waals surface area contributed by atoms with Crippen LogP contribution in [0.25, 0.3) is 0 Å². The molecular formula is C12H18FNO. The van der Waals surface area contributed by atoms with Gasteiger partial charge in [-0.05, 0) is 19.4 Å². The topological polar surface area (TPSA) is 32.3 Å². The van der Waals surface area contributed by atoms with Crippen LogP contribution in [0.1, 0.15) is 31.9 Å². The summed E-state index contributed by atoms with van der Waals surface area (Å²) in [6.07, 6.45) is 0.797. The van der Waals surface area contributed by atoms with Gasteiger partial charge in [-0.2, -0.15) is 0 Å². The Labute approximate surface area is 90.1 Å². The molecule has 0 saturated carbocycles. The van der Waals surface area contributed by atoms with E-state index in [-0.39, 0.29) is 24.5 Å². The molecule has 2 atom stereocenters. The van der Waals surface area contributed by atoms with Gasteiger partial charge in [0.15, 0.2) is 0 Å². The number of aliphatic hydroxyl groups excluding tert-OH is 1. The molecule has 0 heterocycles. The molecule has 2 N–H and O–H groups in total. The van der Waals surface area contributed by atoms with E-state index in [9.17, 15) is 4.39 Å². The number of benzene rings is 1. The largest absolute Gasteiger partial charge is 0.395 e. The van der Waals surface area contributed by atoms with Crippen molar-refractivity contribution in [1.29, 1.82) is 0 Å². The van der Waals surface area contributed by atoms with Crippen LogP contribution in [0.15, 0.2) is 24.3 Å². The van der Waals surface area contributed by atoms with Crippen LogP contribution < -0.4 is 5.32 Å².